The van der Waals surface area contributed by atoms with Gasteiger partial charge in [0.1, 0.15) is 0 Å². The number of amides is 1. The molecule has 0 aliphatic rings. The zero-order valence-corrected chi connectivity index (χ0v) is 7.80. The van der Waals surface area contributed by atoms with Crippen molar-refractivity contribution in [1.82, 2.24) is 0 Å². The normalized spacial score (nSPS) is 9.50. The molecule has 1 amide bonds. The van der Waals surface area contributed by atoms with Crippen LogP contribution in [0.2, 0.25) is 0 Å². The van der Waals surface area contributed by atoms with Gasteiger partial charge in [0.05, 0.1) is 11.1 Å². The zero-order chi connectivity index (χ0) is 12.3. The van der Waals surface area contributed by atoms with Crippen molar-refractivity contribution in [1.29, 1.82) is 0 Å². The van der Waals surface area contributed by atoms with Gasteiger partial charge in [-0.2, -0.15) is 0 Å². The smallest absolute Gasteiger partial charge is 0.409 e. The lowest BCUT2D eigenvalue weighted by Gasteiger charge is -2.04. The number of hydrogen-bond acceptors (Lipinski definition) is 3. The van der Waals surface area contributed by atoms with Crippen molar-refractivity contribution in [3.63, 3.8) is 0 Å². The van der Waals surface area contributed by atoms with Crippen molar-refractivity contribution in [2.75, 3.05) is 5.32 Å². The summed E-state index contributed by atoms with van der Waals surface area (Å²) >= 11 is 0. The minimum Gasteiger partial charge on any atom is -0.478 e. The Kier molecular flexibility index (Phi) is 3.09. The maximum Gasteiger partial charge on any atom is 0.409 e. The van der Waals surface area contributed by atoms with E-state index in [0.717, 1.165) is 18.2 Å². The third-order valence-electron chi connectivity index (χ3n) is 1.68. The Morgan fingerprint density at radius 1 is 0.875 bits per heavy atom. The number of carbonyl (C=O) groups is 3. The third-order valence-corrected chi connectivity index (χ3v) is 1.68. The summed E-state index contributed by atoms with van der Waals surface area (Å²) in [4.78, 5) is 31.6. The van der Waals surface area contributed by atoms with Gasteiger partial charge in [0, 0.05) is 5.69 Å². The van der Waals surface area contributed by atoms with Crippen molar-refractivity contribution >= 4 is 23.7 Å². The highest BCUT2D eigenvalue weighted by Gasteiger charge is 2.12. The Bertz CT molecular complexity index is 435. The summed E-state index contributed by atoms with van der Waals surface area (Å²) in [5, 5.41) is 27.7. The average molecular weight is 225 g/mol. The van der Waals surface area contributed by atoms with Gasteiger partial charge in [-0.05, 0) is 18.2 Å². The number of benzene rings is 1. The van der Waals surface area contributed by atoms with Crippen LogP contribution in [0.1, 0.15) is 20.7 Å². The molecule has 4 N–H and O–H groups in total. The molecule has 0 saturated heterocycles. The molecule has 0 aliphatic carbocycles. The van der Waals surface area contributed by atoms with Crippen LogP contribution in [0.5, 0.6) is 0 Å². The summed E-state index contributed by atoms with van der Waals surface area (Å²) in [6, 6.07) is 3.00. The van der Waals surface area contributed by atoms with Gasteiger partial charge in [-0.3, -0.25) is 5.32 Å². The molecular formula is C9H7NO6. The first kappa shape index (κ1) is 11.5. The van der Waals surface area contributed by atoms with Gasteiger partial charge in [-0.25, -0.2) is 14.4 Å². The molecule has 0 atom stereocenters. The predicted octanol–water partition coefficient (Wildman–Crippen LogP) is 1.17. The van der Waals surface area contributed by atoms with Gasteiger partial charge in [0.15, 0.2) is 0 Å². The standard InChI is InChI=1S/C9H7NO6/c11-7(12)4-1-5(8(13)14)3-6(2-4)10-9(15)16/h1-3,10H,(H,11,12)(H,13,14)(H,15,16). The van der Waals surface area contributed by atoms with E-state index in [1.165, 1.54) is 0 Å². The van der Waals surface area contributed by atoms with Gasteiger partial charge in [0.2, 0.25) is 0 Å². The highest BCUT2D eigenvalue weighted by Crippen LogP contribution is 2.15. The molecule has 16 heavy (non-hydrogen) atoms. The van der Waals surface area contributed by atoms with Crippen molar-refractivity contribution in [3.8, 4) is 0 Å². The number of carboxylic acids is 2. The largest absolute Gasteiger partial charge is 0.478 e. The summed E-state index contributed by atoms with van der Waals surface area (Å²) in [7, 11) is 0. The topological polar surface area (TPSA) is 124 Å². The second-order valence-electron chi connectivity index (χ2n) is 2.84. The quantitative estimate of drug-likeness (QED) is 0.612. The number of rotatable bonds is 3. The monoisotopic (exact) mass is 225 g/mol. The van der Waals surface area contributed by atoms with E-state index in [9.17, 15) is 14.4 Å². The molecule has 0 radical (unpaired) electrons. The van der Waals surface area contributed by atoms with Crippen LogP contribution in [-0.4, -0.2) is 33.4 Å². The molecule has 1 rings (SSSR count). The van der Waals surface area contributed by atoms with Crippen LogP contribution in [0, 0.1) is 0 Å². The van der Waals surface area contributed by atoms with E-state index in [2.05, 4.69) is 0 Å². The second-order valence-corrected chi connectivity index (χ2v) is 2.84. The highest BCUT2D eigenvalue weighted by atomic mass is 16.4. The molecule has 1 aromatic rings. The van der Waals surface area contributed by atoms with Crippen LogP contribution in [0.25, 0.3) is 0 Å². The van der Waals surface area contributed by atoms with Crippen LogP contribution >= 0.6 is 0 Å². The molecule has 0 saturated carbocycles. The fraction of sp³-hybridized carbons (Fsp3) is 0. The van der Waals surface area contributed by atoms with Crippen LogP contribution < -0.4 is 5.32 Å². The molecular weight excluding hydrogens is 218 g/mol. The molecule has 0 unspecified atom stereocenters. The number of nitrogens with one attached hydrogen (secondary N) is 1. The van der Waals surface area contributed by atoms with Crippen molar-refractivity contribution in [2.24, 2.45) is 0 Å². The fourth-order valence-electron chi connectivity index (χ4n) is 1.07. The van der Waals surface area contributed by atoms with Crippen molar-refractivity contribution in [3.05, 3.63) is 29.3 Å². The number of anilines is 1. The first-order valence-electron chi connectivity index (χ1n) is 4.02. The maximum absolute atomic E-state index is 10.6. The maximum atomic E-state index is 10.6. The lowest BCUT2D eigenvalue weighted by Crippen LogP contribution is -2.10. The van der Waals surface area contributed by atoms with Gasteiger partial charge >= 0.3 is 18.0 Å². The molecule has 84 valence electrons. The van der Waals surface area contributed by atoms with Crippen LogP contribution in [0.3, 0.4) is 0 Å². The van der Waals surface area contributed by atoms with Gasteiger partial charge in [-0.15, -0.1) is 0 Å². The first-order valence-corrected chi connectivity index (χ1v) is 4.02. The molecule has 0 heterocycles. The molecule has 0 fully saturated rings. The van der Waals surface area contributed by atoms with Gasteiger partial charge in [-0.1, -0.05) is 0 Å². The van der Waals surface area contributed by atoms with Crippen LogP contribution in [0.15, 0.2) is 18.2 Å². The Morgan fingerprint density at radius 3 is 1.62 bits per heavy atom. The lowest BCUT2D eigenvalue weighted by atomic mass is 10.1. The highest BCUT2D eigenvalue weighted by molar-refractivity contribution is 5.97. The van der Waals surface area contributed by atoms with E-state index in [1.54, 1.807) is 0 Å². The molecule has 0 aromatic heterocycles. The zero-order valence-electron chi connectivity index (χ0n) is 7.80. The van der Waals surface area contributed by atoms with E-state index >= 15 is 0 Å². The number of aromatic carboxylic acids is 2. The summed E-state index contributed by atoms with van der Waals surface area (Å²) in [6.45, 7) is 0. The number of hydrogen-bond donors (Lipinski definition) is 4. The van der Waals surface area contributed by atoms with E-state index in [0.29, 0.717) is 0 Å². The minimum atomic E-state index is -1.40. The number of carboxylic acid groups (broad SMARTS) is 3. The van der Waals surface area contributed by atoms with Crippen LogP contribution in [-0.2, 0) is 0 Å². The van der Waals surface area contributed by atoms with Crippen molar-refractivity contribution in [2.45, 2.75) is 0 Å². The summed E-state index contributed by atoms with van der Waals surface area (Å²) in [5.41, 5.74) is -0.711. The molecule has 0 spiro atoms. The first-order chi connectivity index (χ1) is 7.40. The molecule has 0 aliphatic heterocycles. The Morgan fingerprint density at radius 2 is 1.31 bits per heavy atom. The molecule has 1 aromatic carbocycles. The molecule has 0 bridgehead atoms. The van der Waals surface area contributed by atoms with Crippen LogP contribution in [0.4, 0.5) is 10.5 Å². The molecule has 7 nitrogen and oxygen atoms in total. The lowest BCUT2D eigenvalue weighted by molar-refractivity contribution is 0.0696. The average Bonchev–Trinajstić information content (AvgIpc) is 2.15. The van der Waals surface area contributed by atoms with E-state index < -0.39 is 18.0 Å². The van der Waals surface area contributed by atoms with Gasteiger partial charge in [0.25, 0.3) is 0 Å². The Balaban J connectivity index is 3.23. The predicted molar refractivity (Wildman–Crippen MR) is 52.0 cm³/mol. The molecule has 7 heteroatoms. The Labute approximate surface area is 88.9 Å². The summed E-state index contributed by atoms with van der Waals surface area (Å²) < 4.78 is 0. The Hall–Kier alpha value is -2.57. The van der Waals surface area contributed by atoms with E-state index in [1.807, 2.05) is 5.32 Å². The van der Waals surface area contributed by atoms with E-state index in [-0.39, 0.29) is 16.8 Å². The summed E-state index contributed by atoms with van der Waals surface area (Å²) in [5.74, 6) is -2.67. The van der Waals surface area contributed by atoms with E-state index in [4.69, 9.17) is 15.3 Å². The third kappa shape index (κ3) is 2.71. The van der Waals surface area contributed by atoms with Crippen molar-refractivity contribution < 1.29 is 29.7 Å². The fourth-order valence-corrected chi connectivity index (χ4v) is 1.07. The minimum absolute atomic E-state index is 0.107. The van der Waals surface area contributed by atoms with Gasteiger partial charge < -0.3 is 15.3 Å². The second kappa shape index (κ2) is 4.30. The SMILES string of the molecule is O=C(O)Nc1cc(C(=O)O)cc(C(=O)O)c1. The summed E-state index contributed by atoms with van der Waals surface area (Å²) in [6.07, 6.45) is -1.40.